The highest BCUT2D eigenvalue weighted by Crippen LogP contribution is 2.38. The first-order valence-electron chi connectivity index (χ1n) is 6.72. The summed E-state index contributed by atoms with van der Waals surface area (Å²) in [6.45, 7) is 4.01. The van der Waals surface area contributed by atoms with Crippen LogP contribution < -0.4 is 5.73 Å². The number of nitrogens with two attached hydrogens (primary N) is 1. The Balaban J connectivity index is 1.70. The maximum Gasteiger partial charge on any atom is 0.226 e. The Bertz CT molecular complexity index is 583. The molecule has 1 aliphatic carbocycles. The van der Waals surface area contributed by atoms with Crippen LogP contribution in [0.25, 0.3) is 0 Å². The zero-order chi connectivity index (χ0) is 13.5. The molecule has 3 rings (SSSR count). The summed E-state index contributed by atoms with van der Waals surface area (Å²) in [7, 11) is 0. The van der Waals surface area contributed by atoms with Crippen LogP contribution in [0.4, 0.5) is 0 Å². The Labute approximate surface area is 113 Å². The second-order valence-electron chi connectivity index (χ2n) is 5.99. The largest absolute Gasteiger partial charge is 0.339 e. The van der Waals surface area contributed by atoms with Crippen molar-refractivity contribution in [3.8, 4) is 0 Å². The van der Waals surface area contributed by atoms with Gasteiger partial charge in [0.05, 0.1) is 5.92 Å². The zero-order valence-corrected chi connectivity index (χ0v) is 11.4. The molecular weight excluding hydrogens is 238 g/mol. The van der Waals surface area contributed by atoms with Gasteiger partial charge in [-0.1, -0.05) is 29.4 Å². The topological polar surface area (TPSA) is 64.9 Å². The van der Waals surface area contributed by atoms with Gasteiger partial charge in [-0.05, 0) is 37.8 Å². The number of nitrogens with zero attached hydrogens (tertiary/aromatic N) is 2. The first kappa shape index (κ1) is 12.4. The van der Waals surface area contributed by atoms with Gasteiger partial charge < -0.3 is 10.3 Å². The molecule has 19 heavy (non-hydrogen) atoms. The first-order chi connectivity index (χ1) is 9.03. The Morgan fingerprint density at radius 1 is 1.37 bits per heavy atom. The lowest BCUT2D eigenvalue weighted by Crippen LogP contribution is -2.32. The van der Waals surface area contributed by atoms with Crippen molar-refractivity contribution >= 4 is 0 Å². The summed E-state index contributed by atoms with van der Waals surface area (Å²) >= 11 is 0. The van der Waals surface area contributed by atoms with E-state index in [1.54, 1.807) is 0 Å². The highest BCUT2D eigenvalue weighted by Gasteiger charge is 2.31. The van der Waals surface area contributed by atoms with Crippen LogP contribution in [0.1, 0.15) is 49.0 Å². The van der Waals surface area contributed by atoms with Gasteiger partial charge in [0.15, 0.2) is 5.82 Å². The molecule has 4 nitrogen and oxygen atoms in total. The van der Waals surface area contributed by atoms with Gasteiger partial charge in [0.1, 0.15) is 0 Å². The summed E-state index contributed by atoms with van der Waals surface area (Å²) in [4.78, 5) is 4.50. The molecule has 0 fully saturated rings. The molecular formula is C15H19N3O. The van der Waals surface area contributed by atoms with Crippen molar-refractivity contribution in [2.75, 3.05) is 0 Å². The molecule has 0 radical (unpaired) electrons. The maximum absolute atomic E-state index is 5.96. The third-order valence-electron chi connectivity index (χ3n) is 3.63. The van der Waals surface area contributed by atoms with Crippen LogP contribution in [0.3, 0.4) is 0 Å². The average Bonchev–Trinajstić information content (AvgIpc) is 2.76. The van der Waals surface area contributed by atoms with E-state index in [1.807, 2.05) is 13.8 Å². The number of aromatic nitrogens is 2. The molecule has 1 heterocycles. The standard InChI is InChI=1S/C15H19N3O/c1-15(2,16)8-7-13-17-14(18-19-13)12-9-10-5-3-4-6-11(10)12/h3-6,12H,7-9,16H2,1-2H3. The molecule has 0 bridgehead atoms. The van der Waals surface area contributed by atoms with Crippen molar-refractivity contribution in [1.29, 1.82) is 0 Å². The normalized spacial score (nSPS) is 17.9. The van der Waals surface area contributed by atoms with E-state index in [-0.39, 0.29) is 5.54 Å². The van der Waals surface area contributed by atoms with Gasteiger partial charge in [-0.2, -0.15) is 4.98 Å². The van der Waals surface area contributed by atoms with E-state index in [0.29, 0.717) is 11.8 Å². The van der Waals surface area contributed by atoms with Gasteiger partial charge >= 0.3 is 0 Å². The molecule has 0 spiro atoms. The van der Waals surface area contributed by atoms with Crippen molar-refractivity contribution < 1.29 is 4.52 Å². The fraction of sp³-hybridized carbons (Fsp3) is 0.467. The molecule has 0 amide bonds. The van der Waals surface area contributed by atoms with Crippen LogP contribution in [0.5, 0.6) is 0 Å². The molecule has 1 atom stereocenters. The average molecular weight is 257 g/mol. The second-order valence-corrected chi connectivity index (χ2v) is 5.99. The van der Waals surface area contributed by atoms with Gasteiger partial charge in [0.25, 0.3) is 0 Å². The van der Waals surface area contributed by atoms with Gasteiger partial charge in [0.2, 0.25) is 5.89 Å². The molecule has 1 aromatic heterocycles. The van der Waals surface area contributed by atoms with Gasteiger partial charge in [-0.3, -0.25) is 0 Å². The minimum atomic E-state index is -0.197. The molecule has 1 aromatic carbocycles. The van der Waals surface area contributed by atoms with E-state index in [4.69, 9.17) is 10.3 Å². The van der Waals surface area contributed by atoms with E-state index >= 15 is 0 Å². The van der Waals surface area contributed by atoms with E-state index < -0.39 is 0 Å². The molecule has 1 aliphatic rings. The maximum atomic E-state index is 5.96. The summed E-state index contributed by atoms with van der Waals surface area (Å²) in [5.41, 5.74) is 8.48. The number of hydrogen-bond acceptors (Lipinski definition) is 4. The Kier molecular flexibility index (Phi) is 2.90. The van der Waals surface area contributed by atoms with Crippen LogP contribution in [-0.2, 0) is 12.8 Å². The van der Waals surface area contributed by atoms with Crippen LogP contribution >= 0.6 is 0 Å². The highest BCUT2D eigenvalue weighted by atomic mass is 16.5. The van der Waals surface area contributed by atoms with Crippen LogP contribution in [-0.4, -0.2) is 15.7 Å². The number of aryl methyl sites for hydroxylation is 1. The molecule has 100 valence electrons. The van der Waals surface area contributed by atoms with Crippen LogP contribution in [0, 0.1) is 0 Å². The molecule has 0 saturated heterocycles. The predicted octanol–water partition coefficient (Wildman–Crippen LogP) is 2.43. The van der Waals surface area contributed by atoms with Crippen molar-refractivity contribution in [2.24, 2.45) is 5.73 Å². The third-order valence-corrected chi connectivity index (χ3v) is 3.63. The minimum absolute atomic E-state index is 0.197. The van der Waals surface area contributed by atoms with Gasteiger partial charge in [-0.15, -0.1) is 0 Å². The fourth-order valence-corrected chi connectivity index (χ4v) is 2.43. The number of benzene rings is 1. The van der Waals surface area contributed by atoms with Crippen molar-refractivity contribution in [3.05, 3.63) is 47.1 Å². The number of hydrogen-bond donors (Lipinski definition) is 1. The summed E-state index contributed by atoms with van der Waals surface area (Å²) < 4.78 is 5.32. The van der Waals surface area contributed by atoms with Gasteiger partial charge in [0, 0.05) is 12.0 Å². The lowest BCUT2D eigenvalue weighted by Gasteiger charge is -2.27. The molecule has 0 saturated carbocycles. The summed E-state index contributed by atoms with van der Waals surface area (Å²) in [5, 5.41) is 4.11. The van der Waals surface area contributed by atoms with Crippen molar-refractivity contribution in [3.63, 3.8) is 0 Å². The smallest absolute Gasteiger partial charge is 0.226 e. The van der Waals surface area contributed by atoms with Crippen LogP contribution in [0.15, 0.2) is 28.8 Å². The first-order valence-corrected chi connectivity index (χ1v) is 6.72. The number of rotatable bonds is 4. The lowest BCUT2D eigenvalue weighted by atomic mass is 9.77. The highest BCUT2D eigenvalue weighted by molar-refractivity contribution is 5.43. The molecule has 0 aliphatic heterocycles. The Morgan fingerprint density at radius 2 is 2.16 bits per heavy atom. The monoisotopic (exact) mass is 257 g/mol. The lowest BCUT2D eigenvalue weighted by molar-refractivity contribution is 0.352. The summed E-state index contributed by atoms with van der Waals surface area (Å²) in [6.07, 6.45) is 2.60. The fourth-order valence-electron chi connectivity index (χ4n) is 2.43. The zero-order valence-electron chi connectivity index (χ0n) is 11.4. The van der Waals surface area contributed by atoms with Crippen molar-refractivity contribution in [2.45, 2.75) is 44.6 Å². The summed E-state index contributed by atoms with van der Waals surface area (Å²) in [6, 6.07) is 8.43. The van der Waals surface area contributed by atoms with Crippen molar-refractivity contribution in [1.82, 2.24) is 10.1 Å². The minimum Gasteiger partial charge on any atom is -0.339 e. The molecule has 2 N–H and O–H groups in total. The summed E-state index contributed by atoms with van der Waals surface area (Å²) in [5.74, 6) is 1.81. The molecule has 4 heteroatoms. The van der Waals surface area contributed by atoms with Gasteiger partial charge in [-0.25, -0.2) is 0 Å². The second kappa shape index (κ2) is 4.46. The van der Waals surface area contributed by atoms with E-state index in [0.717, 1.165) is 25.1 Å². The Hall–Kier alpha value is -1.68. The van der Waals surface area contributed by atoms with E-state index in [2.05, 4.69) is 34.4 Å². The molecule has 2 aromatic rings. The SMILES string of the molecule is CC(C)(N)CCc1nc(C2Cc3ccccc32)no1. The number of fused-ring (bicyclic) bond motifs is 1. The predicted molar refractivity (Wildman–Crippen MR) is 72.9 cm³/mol. The molecule has 1 unspecified atom stereocenters. The third kappa shape index (κ3) is 2.54. The Morgan fingerprint density at radius 3 is 2.89 bits per heavy atom. The van der Waals surface area contributed by atoms with E-state index in [1.165, 1.54) is 11.1 Å². The van der Waals surface area contributed by atoms with Crippen LogP contribution in [0.2, 0.25) is 0 Å². The quantitative estimate of drug-likeness (QED) is 0.913. The van der Waals surface area contributed by atoms with E-state index in [9.17, 15) is 0 Å².